The van der Waals surface area contributed by atoms with E-state index in [-0.39, 0.29) is 50.0 Å². The number of carbonyl (C=O) groups is 1. The highest BCUT2D eigenvalue weighted by atomic mass is 19.1. The minimum absolute atomic E-state index is 0.0512. The topological polar surface area (TPSA) is 77.0 Å². The lowest BCUT2D eigenvalue weighted by molar-refractivity contribution is -0.0232. The van der Waals surface area contributed by atoms with Crippen LogP contribution in [0.2, 0.25) is 0 Å². The molecule has 2 atom stereocenters. The van der Waals surface area contributed by atoms with Crippen molar-refractivity contribution in [2.24, 2.45) is 5.92 Å². The number of alkyl carbamates (subject to hydrolysis) is 1. The molecule has 8 heteroatoms. The first-order chi connectivity index (χ1) is 12.2. The van der Waals surface area contributed by atoms with Gasteiger partial charge >= 0.3 is 6.09 Å². The van der Waals surface area contributed by atoms with Crippen LogP contribution in [-0.4, -0.2) is 49.3 Å². The van der Waals surface area contributed by atoms with E-state index in [2.05, 4.69) is 5.32 Å². The molecule has 0 saturated carbocycles. The Bertz CT molecular complexity index is 633. The third-order valence-electron chi connectivity index (χ3n) is 3.86. The van der Waals surface area contributed by atoms with Crippen molar-refractivity contribution in [1.82, 2.24) is 5.32 Å². The zero-order valence-corrected chi connectivity index (χ0v) is 15.2. The van der Waals surface area contributed by atoms with Crippen LogP contribution in [0.5, 0.6) is 5.75 Å². The van der Waals surface area contributed by atoms with Crippen LogP contribution in [0.1, 0.15) is 26.3 Å². The average molecular weight is 373 g/mol. The third-order valence-corrected chi connectivity index (χ3v) is 3.86. The lowest BCUT2D eigenvalue weighted by Crippen LogP contribution is -2.44. The van der Waals surface area contributed by atoms with E-state index < -0.39 is 29.4 Å². The molecule has 1 amide bonds. The largest absolute Gasteiger partial charge is 0.490 e. The standard InChI is InChI=1S/C18H25F2NO5/c1-18(2,3)26-17(23)21-9-15(24-7-6-22)11-8-12-13(19)4-5-14(20)16(12)25-10-11/h4-5,11,15,22H,6-10H2,1-3H3,(H,21,23)/t11-,15-/m0/s1. The van der Waals surface area contributed by atoms with Gasteiger partial charge in [0.25, 0.3) is 0 Å². The maximum atomic E-state index is 14.0. The van der Waals surface area contributed by atoms with Gasteiger partial charge in [0, 0.05) is 18.0 Å². The first-order valence-electron chi connectivity index (χ1n) is 8.50. The summed E-state index contributed by atoms with van der Waals surface area (Å²) in [5.74, 6) is -1.56. The van der Waals surface area contributed by atoms with Crippen LogP contribution < -0.4 is 10.1 Å². The normalized spacial score (nSPS) is 17.8. The first-order valence-corrected chi connectivity index (χ1v) is 8.50. The lowest BCUT2D eigenvalue weighted by Gasteiger charge is -2.32. The Balaban J connectivity index is 2.05. The predicted molar refractivity (Wildman–Crippen MR) is 90.1 cm³/mol. The number of halogens is 2. The molecule has 6 nitrogen and oxygen atoms in total. The number of aliphatic hydroxyl groups is 1. The van der Waals surface area contributed by atoms with Crippen LogP contribution in [0.25, 0.3) is 0 Å². The summed E-state index contributed by atoms with van der Waals surface area (Å²) < 4.78 is 43.9. The molecule has 2 N–H and O–H groups in total. The summed E-state index contributed by atoms with van der Waals surface area (Å²) in [6.07, 6.45) is -0.958. The zero-order chi connectivity index (χ0) is 19.3. The Morgan fingerprint density at radius 1 is 1.38 bits per heavy atom. The van der Waals surface area contributed by atoms with Crippen molar-refractivity contribution in [3.05, 3.63) is 29.3 Å². The molecule has 1 aromatic rings. The second-order valence-corrected chi connectivity index (χ2v) is 7.13. The van der Waals surface area contributed by atoms with Crippen molar-refractivity contribution in [3.63, 3.8) is 0 Å². The first kappa shape index (κ1) is 20.4. The maximum absolute atomic E-state index is 14.0. The molecule has 146 valence electrons. The highest BCUT2D eigenvalue weighted by molar-refractivity contribution is 5.67. The van der Waals surface area contributed by atoms with E-state index >= 15 is 0 Å². The molecule has 0 bridgehead atoms. The predicted octanol–water partition coefficient (Wildman–Crippen LogP) is 2.42. The van der Waals surface area contributed by atoms with Gasteiger partial charge in [-0.15, -0.1) is 0 Å². The molecule has 0 spiro atoms. The van der Waals surface area contributed by atoms with Gasteiger partial charge in [-0.05, 0) is 39.3 Å². The summed E-state index contributed by atoms with van der Waals surface area (Å²) in [4.78, 5) is 11.8. The van der Waals surface area contributed by atoms with Gasteiger partial charge in [0.05, 0.1) is 25.9 Å². The fourth-order valence-electron chi connectivity index (χ4n) is 2.74. The lowest BCUT2D eigenvalue weighted by atomic mass is 9.91. The number of aliphatic hydroxyl groups excluding tert-OH is 1. The average Bonchev–Trinajstić information content (AvgIpc) is 2.56. The fraction of sp³-hybridized carbons (Fsp3) is 0.611. The van der Waals surface area contributed by atoms with E-state index in [1.54, 1.807) is 20.8 Å². The molecule has 0 fully saturated rings. The van der Waals surface area contributed by atoms with E-state index in [9.17, 15) is 13.6 Å². The van der Waals surface area contributed by atoms with Gasteiger partial charge in [0.2, 0.25) is 0 Å². The van der Waals surface area contributed by atoms with Crippen molar-refractivity contribution in [1.29, 1.82) is 0 Å². The third kappa shape index (κ3) is 5.54. The van der Waals surface area contributed by atoms with Gasteiger partial charge < -0.3 is 24.6 Å². The van der Waals surface area contributed by atoms with Crippen molar-refractivity contribution in [2.45, 2.75) is 38.9 Å². The summed E-state index contributed by atoms with van der Waals surface area (Å²) in [5, 5.41) is 11.6. The van der Waals surface area contributed by atoms with Gasteiger partial charge in [-0.1, -0.05) is 0 Å². The quantitative estimate of drug-likeness (QED) is 0.801. The number of nitrogens with one attached hydrogen (secondary N) is 1. The summed E-state index contributed by atoms with van der Waals surface area (Å²) in [6, 6.07) is 2.08. The fourth-order valence-corrected chi connectivity index (χ4v) is 2.74. The summed E-state index contributed by atoms with van der Waals surface area (Å²) in [5.41, 5.74) is -0.491. The minimum Gasteiger partial charge on any atom is -0.490 e. The molecule has 2 rings (SSSR count). The number of carbonyl (C=O) groups excluding carboxylic acids is 1. The summed E-state index contributed by atoms with van der Waals surface area (Å²) in [7, 11) is 0. The molecule has 1 aliphatic rings. The molecule has 1 heterocycles. The van der Waals surface area contributed by atoms with Crippen molar-refractivity contribution < 1.29 is 32.9 Å². The smallest absolute Gasteiger partial charge is 0.407 e. The summed E-state index contributed by atoms with van der Waals surface area (Å²) in [6.45, 7) is 5.29. The van der Waals surface area contributed by atoms with E-state index in [1.165, 1.54) is 0 Å². The maximum Gasteiger partial charge on any atom is 0.407 e. The molecule has 0 saturated heterocycles. The Labute approximate surface area is 151 Å². The van der Waals surface area contributed by atoms with Crippen LogP contribution >= 0.6 is 0 Å². The van der Waals surface area contributed by atoms with Gasteiger partial charge in [-0.3, -0.25) is 0 Å². The number of amides is 1. The van der Waals surface area contributed by atoms with Gasteiger partial charge in [-0.25, -0.2) is 13.6 Å². The molecule has 0 aromatic heterocycles. The highest BCUT2D eigenvalue weighted by Gasteiger charge is 2.32. The van der Waals surface area contributed by atoms with Crippen LogP contribution in [0.15, 0.2) is 12.1 Å². The second kappa shape index (κ2) is 8.64. The number of ether oxygens (including phenoxy) is 3. The second-order valence-electron chi connectivity index (χ2n) is 7.13. The van der Waals surface area contributed by atoms with Crippen molar-refractivity contribution in [3.8, 4) is 5.75 Å². The molecular weight excluding hydrogens is 348 g/mol. The van der Waals surface area contributed by atoms with Crippen molar-refractivity contribution >= 4 is 6.09 Å². The molecule has 1 aliphatic heterocycles. The van der Waals surface area contributed by atoms with Crippen LogP contribution in [0, 0.1) is 17.6 Å². The van der Waals surface area contributed by atoms with Crippen molar-refractivity contribution in [2.75, 3.05) is 26.4 Å². The van der Waals surface area contributed by atoms with Crippen LogP contribution in [-0.2, 0) is 15.9 Å². The van der Waals surface area contributed by atoms with Crippen LogP contribution in [0.3, 0.4) is 0 Å². The van der Waals surface area contributed by atoms with Gasteiger partial charge in [0.15, 0.2) is 11.6 Å². The van der Waals surface area contributed by atoms with Crippen LogP contribution in [0.4, 0.5) is 13.6 Å². The Morgan fingerprint density at radius 2 is 2.08 bits per heavy atom. The van der Waals surface area contributed by atoms with E-state index in [0.717, 1.165) is 12.1 Å². The molecular formula is C18H25F2NO5. The number of rotatable bonds is 6. The molecule has 26 heavy (non-hydrogen) atoms. The Kier molecular flexibility index (Phi) is 6.77. The minimum atomic E-state index is -0.640. The number of fused-ring (bicyclic) bond motifs is 1. The van der Waals surface area contributed by atoms with Gasteiger partial charge in [-0.2, -0.15) is 0 Å². The monoisotopic (exact) mass is 373 g/mol. The molecule has 0 radical (unpaired) electrons. The summed E-state index contributed by atoms with van der Waals surface area (Å²) >= 11 is 0. The highest BCUT2D eigenvalue weighted by Crippen LogP contribution is 2.33. The Hall–Kier alpha value is -1.93. The van der Waals surface area contributed by atoms with Gasteiger partial charge in [0.1, 0.15) is 11.4 Å². The van der Waals surface area contributed by atoms with E-state index in [4.69, 9.17) is 19.3 Å². The SMILES string of the molecule is CC(C)(C)OC(=O)NC[C@H](OCCO)[C@@H]1COc2c(F)ccc(F)c2C1. The number of hydrogen-bond donors (Lipinski definition) is 2. The van der Waals surface area contributed by atoms with E-state index in [0.29, 0.717) is 0 Å². The molecule has 0 aliphatic carbocycles. The molecule has 0 unspecified atom stereocenters. The van der Waals surface area contributed by atoms with E-state index in [1.807, 2.05) is 0 Å². The zero-order valence-electron chi connectivity index (χ0n) is 15.2. The Morgan fingerprint density at radius 3 is 2.73 bits per heavy atom. The number of benzene rings is 1. The number of hydrogen-bond acceptors (Lipinski definition) is 5. The molecule has 1 aromatic carbocycles.